The standard InChI is InChI=1S/C20H22N4O6S2/c1-29-19(27)15(9-31)23-17(25)13-7-3-5-11(21-13)12-6-4-8-14(22-12)18(26)24-16(10-32)20(28)30-2/h3-8,15-16,31-32H,9-10H2,1-2H3,(H,23,25)(H,24,26). The Balaban J connectivity index is 2.23. The lowest BCUT2D eigenvalue weighted by Gasteiger charge is -2.14. The monoisotopic (exact) mass is 478 g/mol. The molecule has 0 aliphatic carbocycles. The fraction of sp³-hybridized carbons (Fsp3) is 0.300. The first-order valence-electron chi connectivity index (χ1n) is 9.28. The van der Waals surface area contributed by atoms with Gasteiger partial charge in [-0.05, 0) is 24.3 Å². The van der Waals surface area contributed by atoms with Gasteiger partial charge < -0.3 is 20.1 Å². The van der Waals surface area contributed by atoms with Crippen molar-refractivity contribution in [2.75, 3.05) is 25.7 Å². The predicted octanol–water partition coefficient (Wildman–Crippen LogP) is 0.546. The molecule has 2 rings (SSSR count). The topological polar surface area (TPSA) is 137 Å². The summed E-state index contributed by atoms with van der Waals surface area (Å²) < 4.78 is 9.24. The maximum atomic E-state index is 12.5. The highest BCUT2D eigenvalue weighted by Gasteiger charge is 2.23. The lowest BCUT2D eigenvalue weighted by Crippen LogP contribution is -2.43. The molecule has 0 aromatic carbocycles. The minimum absolute atomic E-state index is 0.0377. The third-order valence-electron chi connectivity index (χ3n) is 4.17. The Morgan fingerprint density at radius 1 is 0.781 bits per heavy atom. The van der Waals surface area contributed by atoms with Crippen molar-refractivity contribution in [1.82, 2.24) is 20.6 Å². The first-order valence-corrected chi connectivity index (χ1v) is 10.5. The number of pyridine rings is 2. The second-order valence-electron chi connectivity index (χ2n) is 6.28. The van der Waals surface area contributed by atoms with Gasteiger partial charge in [0.25, 0.3) is 11.8 Å². The molecule has 0 radical (unpaired) electrons. The molecule has 0 aliphatic heterocycles. The zero-order chi connectivity index (χ0) is 23.7. The van der Waals surface area contributed by atoms with Crippen LogP contribution in [0.3, 0.4) is 0 Å². The largest absolute Gasteiger partial charge is 0.467 e. The zero-order valence-corrected chi connectivity index (χ0v) is 19.1. The Morgan fingerprint density at radius 2 is 1.16 bits per heavy atom. The number of carbonyl (C=O) groups is 4. The van der Waals surface area contributed by atoms with Crippen LogP contribution in [0.4, 0.5) is 0 Å². The second kappa shape index (κ2) is 12.1. The Morgan fingerprint density at radius 3 is 1.47 bits per heavy atom. The lowest BCUT2D eigenvalue weighted by atomic mass is 10.2. The average molecular weight is 479 g/mol. The van der Waals surface area contributed by atoms with Crippen molar-refractivity contribution >= 4 is 49.0 Å². The zero-order valence-electron chi connectivity index (χ0n) is 17.3. The van der Waals surface area contributed by atoms with Gasteiger partial charge in [-0.2, -0.15) is 25.3 Å². The van der Waals surface area contributed by atoms with Gasteiger partial charge in [0.05, 0.1) is 25.6 Å². The summed E-state index contributed by atoms with van der Waals surface area (Å²) in [6.45, 7) is 0. The van der Waals surface area contributed by atoms with Crippen LogP contribution in [0.1, 0.15) is 21.0 Å². The molecule has 2 amide bonds. The van der Waals surface area contributed by atoms with Crippen LogP contribution >= 0.6 is 25.3 Å². The number of rotatable bonds is 9. The van der Waals surface area contributed by atoms with Gasteiger partial charge >= 0.3 is 11.9 Å². The van der Waals surface area contributed by atoms with E-state index >= 15 is 0 Å². The summed E-state index contributed by atoms with van der Waals surface area (Å²) in [7, 11) is 2.42. The van der Waals surface area contributed by atoms with E-state index in [1.165, 1.54) is 26.4 Å². The quantitative estimate of drug-likeness (QED) is 0.303. The summed E-state index contributed by atoms with van der Waals surface area (Å²) in [6, 6.07) is 7.49. The van der Waals surface area contributed by atoms with Gasteiger partial charge in [-0.15, -0.1) is 0 Å². The van der Waals surface area contributed by atoms with E-state index in [2.05, 4.69) is 55.3 Å². The second-order valence-corrected chi connectivity index (χ2v) is 7.01. The van der Waals surface area contributed by atoms with E-state index in [1.807, 2.05) is 0 Å². The van der Waals surface area contributed by atoms with E-state index in [1.54, 1.807) is 24.3 Å². The van der Waals surface area contributed by atoms with Gasteiger partial charge in [0.2, 0.25) is 0 Å². The number of ether oxygens (including phenoxy) is 2. The molecule has 10 nitrogen and oxygen atoms in total. The Bertz CT molecular complexity index is 924. The van der Waals surface area contributed by atoms with Crippen LogP contribution in [0, 0.1) is 0 Å². The average Bonchev–Trinajstić information content (AvgIpc) is 2.84. The number of thiol groups is 2. The van der Waals surface area contributed by atoms with Gasteiger partial charge in [-0.1, -0.05) is 12.1 Å². The number of nitrogens with one attached hydrogen (secondary N) is 2. The van der Waals surface area contributed by atoms with Gasteiger partial charge in [0.1, 0.15) is 23.5 Å². The van der Waals surface area contributed by atoms with Crippen LogP contribution in [0.25, 0.3) is 11.4 Å². The number of amides is 2. The van der Waals surface area contributed by atoms with E-state index in [4.69, 9.17) is 0 Å². The summed E-state index contributed by atoms with van der Waals surface area (Å²) in [5, 5.41) is 5.00. The van der Waals surface area contributed by atoms with Crippen molar-refractivity contribution in [2.24, 2.45) is 0 Å². The highest BCUT2D eigenvalue weighted by atomic mass is 32.1. The molecule has 12 heteroatoms. The summed E-state index contributed by atoms with van der Waals surface area (Å²) in [5.41, 5.74) is 0.726. The molecule has 0 fully saturated rings. The van der Waals surface area contributed by atoms with Gasteiger partial charge in [0, 0.05) is 11.5 Å². The Hall–Kier alpha value is -3.12. The van der Waals surface area contributed by atoms with Gasteiger partial charge in [-0.25, -0.2) is 19.6 Å². The normalized spacial score (nSPS) is 12.2. The molecule has 32 heavy (non-hydrogen) atoms. The molecule has 2 unspecified atom stereocenters. The third-order valence-corrected chi connectivity index (χ3v) is 4.90. The molecule has 2 aromatic rings. The Kier molecular flexibility index (Phi) is 9.47. The van der Waals surface area contributed by atoms with Crippen molar-refractivity contribution in [1.29, 1.82) is 0 Å². The predicted molar refractivity (Wildman–Crippen MR) is 122 cm³/mol. The summed E-state index contributed by atoms with van der Waals surface area (Å²) in [6.07, 6.45) is 0. The van der Waals surface area contributed by atoms with Crippen molar-refractivity contribution in [3.63, 3.8) is 0 Å². The SMILES string of the molecule is COC(=O)C(CS)NC(=O)c1cccc(-c2cccc(C(=O)NC(CS)C(=O)OC)n2)n1. The molecule has 170 valence electrons. The number of hydrogen-bond donors (Lipinski definition) is 4. The maximum absolute atomic E-state index is 12.5. The van der Waals surface area contributed by atoms with E-state index in [-0.39, 0.29) is 22.9 Å². The minimum Gasteiger partial charge on any atom is -0.467 e. The molecule has 2 aromatic heterocycles. The molecule has 2 N–H and O–H groups in total. The van der Waals surface area contributed by atoms with Crippen LogP contribution in [0.15, 0.2) is 36.4 Å². The van der Waals surface area contributed by atoms with Crippen molar-refractivity contribution in [3.8, 4) is 11.4 Å². The first kappa shape index (κ1) is 25.1. The van der Waals surface area contributed by atoms with E-state index in [0.717, 1.165) is 0 Å². The summed E-state index contributed by atoms with van der Waals surface area (Å²) in [5.74, 6) is -2.35. The number of esters is 2. The molecule has 2 atom stereocenters. The van der Waals surface area contributed by atoms with Crippen molar-refractivity contribution < 1.29 is 28.7 Å². The van der Waals surface area contributed by atoms with Gasteiger partial charge in [-0.3, -0.25) is 9.59 Å². The van der Waals surface area contributed by atoms with Crippen LogP contribution in [-0.4, -0.2) is 71.5 Å². The smallest absolute Gasteiger partial charge is 0.329 e. The van der Waals surface area contributed by atoms with Gasteiger partial charge in [0.15, 0.2) is 0 Å². The lowest BCUT2D eigenvalue weighted by molar-refractivity contribution is -0.143. The molecular weight excluding hydrogens is 456 g/mol. The molecule has 0 aliphatic rings. The van der Waals surface area contributed by atoms with Crippen LogP contribution in [0.2, 0.25) is 0 Å². The maximum Gasteiger partial charge on any atom is 0.329 e. The van der Waals surface area contributed by atoms with Crippen LogP contribution in [0.5, 0.6) is 0 Å². The fourth-order valence-electron chi connectivity index (χ4n) is 2.51. The number of methoxy groups -OCH3 is 2. The van der Waals surface area contributed by atoms with E-state index in [9.17, 15) is 19.2 Å². The summed E-state index contributed by atoms with van der Waals surface area (Å²) in [4.78, 5) is 56.8. The number of hydrogen-bond acceptors (Lipinski definition) is 10. The highest BCUT2D eigenvalue weighted by molar-refractivity contribution is 7.80. The fourth-order valence-corrected chi connectivity index (χ4v) is 3.00. The van der Waals surface area contributed by atoms with Crippen molar-refractivity contribution in [2.45, 2.75) is 12.1 Å². The molecule has 0 saturated heterocycles. The minimum atomic E-state index is -0.930. The van der Waals surface area contributed by atoms with Crippen LogP contribution in [-0.2, 0) is 19.1 Å². The molecule has 2 heterocycles. The van der Waals surface area contributed by atoms with E-state index < -0.39 is 35.8 Å². The molecule has 0 spiro atoms. The number of carbonyl (C=O) groups excluding carboxylic acids is 4. The summed E-state index contributed by atoms with van der Waals surface area (Å²) >= 11 is 8.07. The van der Waals surface area contributed by atoms with Crippen LogP contribution < -0.4 is 10.6 Å². The third kappa shape index (κ3) is 6.44. The molecule has 0 saturated carbocycles. The first-order chi connectivity index (χ1) is 15.3. The number of aromatic nitrogens is 2. The molecular formula is C20H22N4O6S2. The Labute approximate surface area is 195 Å². The highest BCUT2D eigenvalue weighted by Crippen LogP contribution is 2.16. The molecule has 0 bridgehead atoms. The van der Waals surface area contributed by atoms with E-state index in [0.29, 0.717) is 11.4 Å². The van der Waals surface area contributed by atoms with Crippen molar-refractivity contribution in [3.05, 3.63) is 47.8 Å². The number of nitrogens with zero attached hydrogens (tertiary/aromatic N) is 2.